The van der Waals surface area contributed by atoms with Gasteiger partial charge in [0, 0.05) is 11.3 Å². The van der Waals surface area contributed by atoms with Gasteiger partial charge in [-0.15, -0.1) is 11.3 Å². The number of carbonyl (C=O) groups is 1. The molecule has 0 aliphatic heterocycles. The van der Waals surface area contributed by atoms with Crippen molar-refractivity contribution >= 4 is 17.3 Å². The van der Waals surface area contributed by atoms with Gasteiger partial charge in [-0.3, -0.25) is 4.79 Å². The number of aromatic nitrogens is 1. The van der Waals surface area contributed by atoms with Gasteiger partial charge >= 0.3 is 5.97 Å². The molecule has 1 aliphatic rings. The molecule has 3 nitrogen and oxygen atoms in total. The molecule has 1 aliphatic carbocycles. The van der Waals surface area contributed by atoms with Gasteiger partial charge in [-0.25, -0.2) is 4.98 Å². The molecule has 1 heterocycles. The molecule has 1 fully saturated rings. The Bertz CT molecular complexity index is 317. The Morgan fingerprint density at radius 3 is 3.00 bits per heavy atom. The number of aliphatic carboxylic acids is 1. The second kappa shape index (κ2) is 3.46. The van der Waals surface area contributed by atoms with Crippen LogP contribution < -0.4 is 0 Å². The number of thiazole rings is 1. The van der Waals surface area contributed by atoms with E-state index in [4.69, 9.17) is 5.11 Å². The van der Waals surface area contributed by atoms with Crippen LogP contribution in [0, 0.1) is 0 Å². The smallest absolute Gasteiger partial charge is 0.310 e. The molecule has 1 N–H and O–H groups in total. The third kappa shape index (κ3) is 1.88. The lowest BCUT2D eigenvalue weighted by Gasteiger charge is -2.22. The molecule has 0 amide bonds. The van der Waals surface area contributed by atoms with Crippen molar-refractivity contribution < 1.29 is 9.90 Å². The van der Waals surface area contributed by atoms with E-state index >= 15 is 0 Å². The van der Waals surface area contributed by atoms with Crippen LogP contribution in [0.5, 0.6) is 0 Å². The van der Waals surface area contributed by atoms with Crippen molar-refractivity contribution in [2.75, 3.05) is 0 Å². The van der Waals surface area contributed by atoms with Gasteiger partial charge in [0.05, 0.1) is 12.1 Å². The van der Waals surface area contributed by atoms with Crippen LogP contribution in [0.1, 0.15) is 35.9 Å². The summed E-state index contributed by atoms with van der Waals surface area (Å²) in [7, 11) is 0. The highest BCUT2D eigenvalue weighted by atomic mass is 32.1. The number of nitrogens with zero attached hydrogens (tertiary/aromatic N) is 1. The lowest BCUT2D eigenvalue weighted by atomic mass is 9.83. The van der Waals surface area contributed by atoms with E-state index < -0.39 is 5.97 Å². The first-order valence-electron chi connectivity index (χ1n) is 4.42. The van der Waals surface area contributed by atoms with Crippen LogP contribution in [0.2, 0.25) is 0 Å². The molecule has 13 heavy (non-hydrogen) atoms. The average Bonchev–Trinajstić information content (AvgIpc) is 2.31. The van der Waals surface area contributed by atoms with E-state index in [1.54, 1.807) is 0 Å². The SMILES string of the molecule is O=C(O)Cc1nc(C2CCC2)cs1. The van der Waals surface area contributed by atoms with E-state index in [0.717, 1.165) is 10.7 Å². The number of hydrogen-bond donors (Lipinski definition) is 1. The zero-order chi connectivity index (χ0) is 9.26. The average molecular weight is 197 g/mol. The lowest BCUT2D eigenvalue weighted by molar-refractivity contribution is -0.136. The Morgan fingerprint density at radius 1 is 1.69 bits per heavy atom. The van der Waals surface area contributed by atoms with Crippen LogP contribution in [0.15, 0.2) is 5.38 Å². The molecular weight excluding hydrogens is 186 g/mol. The zero-order valence-electron chi connectivity index (χ0n) is 7.19. The Hall–Kier alpha value is -0.900. The minimum Gasteiger partial charge on any atom is -0.481 e. The molecule has 0 unspecified atom stereocenters. The Kier molecular flexibility index (Phi) is 2.31. The fraction of sp³-hybridized carbons (Fsp3) is 0.556. The Labute approximate surface area is 80.4 Å². The summed E-state index contributed by atoms with van der Waals surface area (Å²) < 4.78 is 0. The summed E-state index contributed by atoms with van der Waals surface area (Å²) in [4.78, 5) is 14.7. The summed E-state index contributed by atoms with van der Waals surface area (Å²) in [6.07, 6.45) is 3.79. The molecule has 0 bridgehead atoms. The number of hydrogen-bond acceptors (Lipinski definition) is 3. The van der Waals surface area contributed by atoms with E-state index in [0.29, 0.717) is 5.92 Å². The molecule has 1 aromatic heterocycles. The summed E-state index contributed by atoms with van der Waals surface area (Å²) in [6.45, 7) is 0. The summed E-state index contributed by atoms with van der Waals surface area (Å²) >= 11 is 1.46. The van der Waals surface area contributed by atoms with E-state index in [9.17, 15) is 4.79 Å². The van der Waals surface area contributed by atoms with E-state index in [2.05, 4.69) is 4.98 Å². The van der Waals surface area contributed by atoms with Gasteiger partial charge < -0.3 is 5.11 Å². The molecule has 0 radical (unpaired) electrons. The predicted octanol–water partition coefficient (Wildman–Crippen LogP) is 2.04. The summed E-state index contributed by atoms with van der Waals surface area (Å²) in [5.74, 6) is -0.187. The monoisotopic (exact) mass is 197 g/mol. The van der Waals surface area contributed by atoms with Crippen molar-refractivity contribution in [2.45, 2.75) is 31.6 Å². The van der Waals surface area contributed by atoms with Crippen molar-refractivity contribution in [3.05, 3.63) is 16.1 Å². The van der Waals surface area contributed by atoms with Crippen LogP contribution in [-0.4, -0.2) is 16.1 Å². The number of rotatable bonds is 3. The Morgan fingerprint density at radius 2 is 2.46 bits per heavy atom. The van der Waals surface area contributed by atoms with Crippen LogP contribution in [0.3, 0.4) is 0 Å². The third-order valence-corrected chi connectivity index (χ3v) is 3.26. The van der Waals surface area contributed by atoms with Crippen LogP contribution in [-0.2, 0) is 11.2 Å². The van der Waals surface area contributed by atoms with Crippen LogP contribution >= 0.6 is 11.3 Å². The molecule has 2 rings (SSSR count). The summed E-state index contributed by atoms with van der Waals surface area (Å²) in [5, 5.41) is 11.3. The molecule has 0 atom stereocenters. The molecule has 0 spiro atoms. The molecule has 1 saturated carbocycles. The third-order valence-electron chi connectivity index (χ3n) is 2.40. The van der Waals surface area contributed by atoms with Crippen LogP contribution in [0.25, 0.3) is 0 Å². The molecule has 0 saturated heterocycles. The fourth-order valence-corrected chi connectivity index (χ4v) is 2.29. The minimum atomic E-state index is -0.797. The zero-order valence-corrected chi connectivity index (χ0v) is 8.01. The van der Waals surface area contributed by atoms with Gasteiger partial charge in [0.2, 0.25) is 0 Å². The second-order valence-electron chi connectivity index (χ2n) is 3.36. The van der Waals surface area contributed by atoms with Gasteiger partial charge in [0.25, 0.3) is 0 Å². The molecular formula is C9H11NO2S. The minimum absolute atomic E-state index is 0.0669. The van der Waals surface area contributed by atoms with E-state index in [1.165, 1.54) is 30.6 Å². The van der Waals surface area contributed by atoms with Crippen LogP contribution in [0.4, 0.5) is 0 Å². The number of carboxylic acid groups (broad SMARTS) is 1. The Balaban J connectivity index is 2.04. The first-order chi connectivity index (χ1) is 6.25. The topological polar surface area (TPSA) is 50.2 Å². The van der Waals surface area contributed by atoms with Crippen molar-refractivity contribution in [3.8, 4) is 0 Å². The predicted molar refractivity (Wildman–Crippen MR) is 50.0 cm³/mol. The van der Waals surface area contributed by atoms with E-state index in [1.807, 2.05) is 5.38 Å². The molecule has 1 aromatic rings. The molecule has 70 valence electrons. The maximum Gasteiger partial charge on any atom is 0.310 e. The highest BCUT2D eigenvalue weighted by Crippen LogP contribution is 2.36. The summed E-state index contributed by atoms with van der Waals surface area (Å²) in [5.41, 5.74) is 1.10. The second-order valence-corrected chi connectivity index (χ2v) is 4.31. The normalized spacial score (nSPS) is 16.9. The van der Waals surface area contributed by atoms with Crippen molar-refractivity contribution in [1.29, 1.82) is 0 Å². The number of carboxylic acids is 1. The van der Waals surface area contributed by atoms with Gasteiger partial charge in [0.15, 0.2) is 0 Å². The fourth-order valence-electron chi connectivity index (χ4n) is 1.43. The molecule has 4 heteroatoms. The van der Waals surface area contributed by atoms with Crippen molar-refractivity contribution in [1.82, 2.24) is 4.98 Å². The highest BCUT2D eigenvalue weighted by molar-refractivity contribution is 7.09. The largest absolute Gasteiger partial charge is 0.481 e. The van der Waals surface area contributed by atoms with Gasteiger partial charge in [0.1, 0.15) is 5.01 Å². The van der Waals surface area contributed by atoms with Crippen molar-refractivity contribution in [3.63, 3.8) is 0 Å². The maximum absolute atomic E-state index is 10.4. The van der Waals surface area contributed by atoms with Crippen molar-refractivity contribution in [2.24, 2.45) is 0 Å². The van der Waals surface area contributed by atoms with Gasteiger partial charge in [-0.1, -0.05) is 6.42 Å². The van der Waals surface area contributed by atoms with Gasteiger partial charge in [-0.05, 0) is 12.8 Å². The maximum atomic E-state index is 10.4. The first-order valence-corrected chi connectivity index (χ1v) is 5.30. The lowest BCUT2D eigenvalue weighted by Crippen LogP contribution is -2.09. The standard InChI is InChI=1S/C9H11NO2S/c11-9(12)4-8-10-7(5-13-8)6-2-1-3-6/h5-6H,1-4H2,(H,11,12). The van der Waals surface area contributed by atoms with E-state index in [-0.39, 0.29) is 6.42 Å². The molecule has 0 aromatic carbocycles. The summed E-state index contributed by atoms with van der Waals surface area (Å²) in [6, 6.07) is 0. The first kappa shape index (κ1) is 8.69. The quantitative estimate of drug-likeness (QED) is 0.806. The van der Waals surface area contributed by atoms with Gasteiger partial charge in [-0.2, -0.15) is 0 Å². The highest BCUT2D eigenvalue weighted by Gasteiger charge is 2.22.